The Morgan fingerprint density at radius 3 is 2.31 bits per heavy atom. The maximum atomic E-state index is 13.6. The van der Waals surface area contributed by atoms with Gasteiger partial charge in [0.15, 0.2) is 0 Å². The molecule has 0 saturated carbocycles. The summed E-state index contributed by atoms with van der Waals surface area (Å²) in [7, 11) is 0. The lowest BCUT2D eigenvalue weighted by molar-refractivity contribution is -0.114. The molecule has 1 aliphatic heterocycles. The number of allylic oxidation sites excluding steroid dienone is 2. The van der Waals surface area contributed by atoms with Crippen LogP contribution in [0.3, 0.4) is 0 Å². The second kappa shape index (κ2) is 13.2. The fourth-order valence-corrected chi connectivity index (χ4v) is 5.33. The number of nitrogens with zero attached hydrogens (tertiary/aromatic N) is 1. The van der Waals surface area contributed by atoms with Crippen molar-refractivity contribution < 1.29 is 14.3 Å². The van der Waals surface area contributed by atoms with Gasteiger partial charge in [0.2, 0.25) is 5.91 Å². The fourth-order valence-electron chi connectivity index (χ4n) is 4.17. The van der Waals surface area contributed by atoms with E-state index in [1.54, 1.807) is 19.1 Å². The highest BCUT2D eigenvalue weighted by molar-refractivity contribution is 9.10. The van der Waals surface area contributed by atoms with Crippen molar-refractivity contribution in [1.82, 2.24) is 5.32 Å². The van der Waals surface area contributed by atoms with Gasteiger partial charge in [0.1, 0.15) is 5.75 Å². The molecule has 39 heavy (non-hydrogen) atoms. The van der Waals surface area contributed by atoms with E-state index in [0.29, 0.717) is 45.6 Å². The van der Waals surface area contributed by atoms with Crippen molar-refractivity contribution in [3.05, 3.63) is 111 Å². The Hall–Kier alpha value is -4.00. The second-order valence-electron chi connectivity index (χ2n) is 8.62. The molecule has 3 N–H and O–H groups in total. The third kappa shape index (κ3) is 7.11. The van der Waals surface area contributed by atoms with Crippen LogP contribution in [-0.4, -0.2) is 24.2 Å². The molecule has 0 unspecified atom stereocenters. The summed E-state index contributed by atoms with van der Waals surface area (Å²) >= 11 is 4.61. The molecule has 3 aromatic carbocycles. The summed E-state index contributed by atoms with van der Waals surface area (Å²) in [5.74, 6) is -0.366. The van der Waals surface area contributed by atoms with Crippen LogP contribution in [0.25, 0.3) is 0 Å². The largest absolute Gasteiger partial charge is 0.494 e. The Balaban J connectivity index is 1.63. The highest BCUT2D eigenvalue weighted by Gasteiger charge is 2.35. The number of carbonyl (C=O) groups is 2. The number of nitrogens with one attached hydrogen (secondary N) is 3. The molecule has 7 nitrogen and oxygen atoms in total. The number of halogens is 1. The molecule has 198 valence electrons. The van der Waals surface area contributed by atoms with E-state index in [0.717, 1.165) is 10.0 Å². The standard InChI is InChI=1S/C30H27BrN4O3S/c1-3-38-24-15-9-20(10-16-24)28-25(17-32)30(39-18-26(36)34-23-13-11-21(31)12-14-23)33-19(2)27(28)29(37)35-22-7-5-4-6-8-22/h4-16,28,33H,3,18H2,1-2H3,(H,34,36)(H,35,37)/t28-/m1/s1. The third-order valence-corrected chi connectivity index (χ3v) is 7.47. The summed E-state index contributed by atoms with van der Waals surface area (Å²) in [5.41, 5.74) is 3.51. The Labute approximate surface area is 240 Å². The number of thioether (sulfide) groups is 1. The van der Waals surface area contributed by atoms with E-state index in [-0.39, 0.29) is 17.6 Å². The van der Waals surface area contributed by atoms with Crippen LogP contribution in [0.15, 0.2) is 105 Å². The van der Waals surface area contributed by atoms with Crippen molar-refractivity contribution in [2.75, 3.05) is 23.0 Å². The number of anilines is 2. The first kappa shape index (κ1) is 28.0. The zero-order valence-corrected chi connectivity index (χ0v) is 23.9. The molecule has 0 aliphatic carbocycles. The van der Waals surface area contributed by atoms with Crippen molar-refractivity contribution in [3.8, 4) is 11.8 Å². The zero-order valence-electron chi connectivity index (χ0n) is 21.5. The summed E-state index contributed by atoms with van der Waals surface area (Å²) in [4.78, 5) is 26.2. The molecule has 0 bridgehead atoms. The zero-order chi connectivity index (χ0) is 27.8. The first-order valence-electron chi connectivity index (χ1n) is 12.3. The van der Waals surface area contributed by atoms with Crippen LogP contribution in [0.2, 0.25) is 0 Å². The summed E-state index contributed by atoms with van der Waals surface area (Å²) in [6, 6.07) is 26.2. The average molecular weight is 604 g/mol. The van der Waals surface area contributed by atoms with Crippen molar-refractivity contribution in [2.45, 2.75) is 19.8 Å². The minimum absolute atomic E-state index is 0.0817. The number of carbonyl (C=O) groups excluding carboxylic acids is 2. The summed E-state index contributed by atoms with van der Waals surface area (Å²) in [6.07, 6.45) is 0. The van der Waals surface area contributed by atoms with E-state index < -0.39 is 5.92 Å². The monoisotopic (exact) mass is 602 g/mol. The Bertz CT molecular complexity index is 1450. The number of nitriles is 1. The lowest BCUT2D eigenvalue weighted by atomic mass is 9.82. The van der Waals surface area contributed by atoms with Gasteiger partial charge in [0.25, 0.3) is 5.91 Å². The first-order valence-corrected chi connectivity index (χ1v) is 14.1. The number of ether oxygens (including phenoxy) is 1. The molecule has 1 heterocycles. The van der Waals surface area contributed by atoms with Gasteiger partial charge < -0.3 is 20.7 Å². The van der Waals surface area contributed by atoms with Gasteiger partial charge >= 0.3 is 0 Å². The number of para-hydroxylation sites is 1. The van der Waals surface area contributed by atoms with Crippen molar-refractivity contribution in [1.29, 1.82) is 5.26 Å². The normalized spacial score (nSPS) is 14.8. The Morgan fingerprint density at radius 1 is 1.00 bits per heavy atom. The predicted octanol–water partition coefficient (Wildman–Crippen LogP) is 6.55. The van der Waals surface area contributed by atoms with Gasteiger partial charge in [-0.05, 0) is 67.9 Å². The highest BCUT2D eigenvalue weighted by Crippen LogP contribution is 2.41. The molecule has 0 fully saturated rings. The van der Waals surface area contributed by atoms with Gasteiger partial charge in [-0.25, -0.2) is 0 Å². The molecule has 0 spiro atoms. The minimum Gasteiger partial charge on any atom is -0.494 e. The number of hydrogen-bond donors (Lipinski definition) is 3. The number of rotatable bonds is 9. The molecule has 2 amide bonds. The van der Waals surface area contributed by atoms with Gasteiger partial charge in [0, 0.05) is 27.1 Å². The van der Waals surface area contributed by atoms with Crippen LogP contribution < -0.4 is 20.7 Å². The third-order valence-electron chi connectivity index (χ3n) is 5.92. The van der Waals surface area contributed by atoms with E-state index in [1.165, 1.54) is 11.8 Å². The molecule has 0 radical (unpaired) electrons. The van der Waals surface area contributed by atoms with Crippen LogP contribution >= 0.6 is 27.7 Å². The molecule has 1 aliphatic rings. The average Bonchev–Trinajstić information content (AvgIpc) is 2.94. The molecule has 1 atom stereocenters. The maximum absolute atomic E-state index is 13.6. The smallest absolute Gasteiger partial charge is 0.254 e. The van der Waals surface area contributed by atoms with Crippen LogP contribution in [0.4, 0.5) is 11.4 Å². The first-order chi connectivity index (χ1) is 18.9. The highest BCUT2D eigenvalue weighted by atomic mass is 79.9. The summed E-state index contributed by atoms with van der Waals surface area (Å²) in [5, 5.41) is 19.9. The van der Waals surface area contributed by atoms with Crippen molar-refractivity contribution in [3.63, 3.8) is 0 Å². The second-order valence-corrected chi connectivity index (χ2v) is 10.5. The van der Waals surface area contributed by atoms with E-state index in [9.17, 15) is 14.9 Å². The maximum Gasteiger partial charge on any atom is 0.254 e. The van der Waals surface area contributed by atoms with Crippen LogP contribution in [0, 0.1) is 11.3 Å². The molecule has 0 aromatic heterocycles. The minimum atomic E-state index is -0.632. The molecular weight excluding hydrogens is 576 g/mol. The topological polar surface area (TPSA) is 103 Å². The molecule has 4 rings (SSSR count). The lowest BCUT2D eigenvalue weighted by Crippen LogP contribution is -2.31. The van der Waals surface area contributed by atoms with E-state index in [1.807, 2.05) is 73.7 Å². The van der Waals surface area contributed by atoms with Gasteiger partial charge in [-0.3, -0.25) is 9.59 Å². The van der Waals surface area contributed by atoms with Gasteiger partial charge in [-0.15, -0.1) is 0 Å². The summed E-state index contributed by atoms with van der Waals surface area (Å²) in [6.45, 7) is 4.24. The summed E-state index contributed by atoms with van der Waals surface area (Å²) < 4.78 is 6.50. The fraction of sp³-hybridized carbons (Fsp3) is 0.167. The van der Waals surface area contributed by atoms with Crippen LogP contribution in [0.5, 0.6) is 5.75 Å². The van der Waals surface area contributed by atoms with Crippen LogP contribution in [-0.2, 0) is 9.59 Å². The lowest BCUT2D eigenvalue weighted by Gasteiger charge is -2.30. The molecular formula is C30H27BrN4O3S. The van der Waals surface area contributed by atoms with Gasteiger partial charge in [0.05, 0.1) is 34.9 Å². The Morgan fingerprint density at radius 2 is 1.67 bits per heavy atom. The number of amides is 2. The number of hydrogen-bond acceptors (Lipinski definition) is 6. The molecule has 3 aromatic rings. The van der Waals surface area contributed by atoms with Crippen molar-refractivity contribution >= 4 is 50.9 Å². The number of benzene rings is 3. The number of dihydropyridines is 1. The van der Waals surface area contributed by atoms with E-state index in [2.05, 4.69) is 37.9 Å². The van der Waals surface area contributed by atoms with Crippen LogP contribution in [0.1, 0.15) is 25.3 Å². The Kier molecular flexibility index (Phi) is 9.47. The van der Waals surface area contributed by atoms with Crippen molar-refractivity contribution in [2.24, 2.45) is 0 Å². The SMILES string of the molecule is CCOc1ccc([C@@H]2C(C#N)=C(SCC(=O)Nc3ccc(Br)cc3)NC(C)=C2C(=O)Nc2ccccc2)cc1. The molecule has 9 heteroatoms. The van der Waals surface area contributed by atoms with Gasteiger partial charge in [-0.1, -0.05) is 58.0 Å². The predicted molar refractivity (Wildman–Crippen MR) is 159 cm³/mol. The quantitative estimate of drug-likeness (QED) is 0.256. The van der Waals surface area contributed by atoms with E-state index in [4.69, 9.17) is 4.74 Å². The van der Waals surface area contributed by atoms with E-state index >= 15 is 0 Å². The van der Waals surface area contributed by atoms with Gasteiger partial charge in [-0.2, -0.15) is 5.26 Å². The molecule has 0 saturated heterocycles.